The maximum Gasteiger partial charge on any atom is 0.163 e. The molecular formula is C14H13FN2O2. The average molecular weight is 260 g/mol. The van der Waals surface area contributed by atoms with Crippen molar-refractivity contribution in [2.45, 2.75) is 0 Å². The number of nitrogen functional groups attached to an aromatic ring is 1. The van der Waals surface area contributed by atoms with Gasteiger partial charge in [0.15, 0.2) is 11.5 Å². The maximum atomic E-state index is 13.0. The van der Waals surface area contributed by atoms with E-state index in [0.717, 1.165) is 11.4 Å². The Hall–Kier alpha value is -2.43. The average Bonchev–Trinajstić information content (AvgIpc) is 2.42. The molecule has 0 aromatic heterocycles. The quantitative estimate of drug-likeness (QED) is 0.815. The van der Waals surface area contributed by atoms with E-state index in [0.29, 0.717) is 30.3 Å². The van der Waals surface area contributed by atoms with Crippen molar-refractivity contribution in [3.8, 4) is 11.5 Å². The van der Waals surface area contributed by atoms with Crippen molar-refractivity contribution >= 4 is 17.1 Å². The summed E-state index contributed by atoms with van der Waals surface area (Å²) >= 11 is 0. The molecule has 98 valence electrons. The van der Waals surface area contributed by atoms with Gasteiger partial charge in [-0.05, 0) is 30.3 Å². The van der Waals surface area contributed by atoms with Gasteiger partial charge in [0, 0.05) is 11.8 Å². The van der Waals surface area contributed by atoms with Crippen molar-refractivity contribution in [2.24, 2.45) is 0 Å². The van der Waals surface area contributed by atoms with E-state index in [4.69, 9.17) is 15.2 Å². The number of hydrogen-bond acceptors (Lipinski definition) is 4. The van der Waals surface area contributed by atoms with E-state index in [2.05, 4.69) is 5.32 Å². The molecule has 1 heterocycles. The van der Waals surface area contributed by atoms with Gasteiger partial charge >= 0.3 is 0 Å². The minimum atomic E-state index is -0.356. The van der Waals surface area contributed by atoms with E-state index in [1.165, 1.54) is 12.1 Å². The third kappa shape index (κ3) is 2.40. The molecule has 0 atom stereocenters. The molecule has 0 amide bonds. The lowest BCUT2D eigenvalue weighted by molar-refractivity contribution is 0.171. The zero-order valence-corrected chi connectivity index (χ0v) is 10.2. The molecule has 5 heteroatoms. The summed E-state index contributed by atoms with van der Waals surface area (Å²) in [4.78, 5) is 0. The number of hydrogen-bond donors (Lipinski definition) is 2. The Morgan fingerprint density at radius 1 is 1.00 bits per heavy atom. The van der Waals surface area contributed by atoms with Gasteiger partial charge in [-0.2, -0.15) is 0 Å². The molecule has 3 rings (SSSR count). The predicted octanol–water partition coefficient (Wildman–Crippen LogP) is 2.92. The summed E-state index contributed by atoms with van der Waals surface area (Å²) in [5.41, 5.74) is 7.56. The number of halogens is 1. The molecule has 1 aliphatic rings. The van der Waals surface area contributed by atoms with Crippen LogP contribution < -0.4 is 20.5 Å². The Morgan fingerprint density at radius 3 is 2.58 bits per heavy atom. The number of nitrogens with one attached hydrogen (secondary N) is 1. The van der Waals surface area contributed by atoms with E-state index in [1.807, 2.05) is 18.2 Å². The fourth-order valence-corrected chi connectivity index (χ4v) is 1.92. The molecule has 0 saturated heterocycles. The fraction of sp³-hybridized carbons (Fsp3) is 0.143. The molecule has 4 nitrogen and oxygen atoms in total. The van der Waals surface area contributed by atoms with Crippen LogP contribution in [0.3, 0.4) is 0 Å². The largest absolute Gasteiger partial charge is 0.486 e. The SMILES string of the molecule is Nc1cc(F)ccc1Nc1ccc2c(c1)OCCO2. The van der Waals surface area contributed by atoms with Gasteiger partial charge in [0.2, 0.25) is 0 Å². The first-order valence-electron chi connectivity index (χ1n) is 5.94. The van der Waals surface area contributed by atoms with Crippen molar-refractivity contribution < 1.29 is 13.9 Å². The highest BCUT2D eigenvalue weighted by Crippen LogP contribution is 2.34. The first kappa shape index (κ1) is 11.6. The molecule has 2 aromatic carbocycles. The van der Waals surface area contributed by atoms with Gasteiger partial charge in [-0.1, -0.05) is 0 Å². The second kappa shape index (κ2) is 4.68. The number of ether oxygens (including phenoxy) is 2. The highest BCUT2D eigenvalue weighted by Gasteiger charge is 2.12. The second-order valence-electron chi connectivity index (χ2n) is 4.22. The topological polar surface area (TPSA) is 56.5 Å². The van der Waals surface area contributed by atoms with Crippen LogP contribution in [-0.2, 0) is 0 Å². The predicted molar refractivity (Wildman–Crippen MR) is 71.5 cm³/mol. The normalized spacial score (nSPS) is 13.1. The second-order valence-corrected chi connectivity index (χ2v) is 4.22. The monoisotopic (exact) mass is 260 g/mol. The maximum absolute atomic E-state index is 13.0. The summed E-state index contributed by atoms with van der Waals surface area (Å²) in [7, 11) is 0. The zero-order chi connectivity index (χ0) is 13.2. The van der Waals surface area contributed by atoms with Crippen molar-refractivity contribution in [2.75, 3.05) is 24.3 Å². The highest BCUT2D eigenvalue weighted by molar-refractivity contribution is 5.73. The molecule has 0 saturated carbocycles. The van der Waals surface area contributed by atoms with Gasteiger partial charge in [-0.25, -0.2) is 4.39 Å². The van der Waals surface area contributed by atoms with Crippen LogP contribution in [0.1, 0.15) is 0 Å². The molecular weight excluding hydrogens is 247 g/mol. The standard InChI is InChI=1S/C14H13FN2O2/c15-9-1-3-12(11(16)7-9)17-10-2-4-13-14(8-10)19-6-5-18-13/h1-4,7-8,17H,5-6,16H2. The minimum absolute atomic E-state index is 0.356. The first-order valence-corrected chi connectivity index (χ1v) is 5.94. The molecule has 0 aliphatic carbocycles. The molecule has 19 heavy (non-hydrogen) atoms. The number of anilines is 3. The minimum Gasteiger partial charge on any atom is -0.486 e. The Labute approximate surface area is 109 Å². The number of rotatable bonds is 2. The van der Waals surface area contributed by atoms with Gasteiger partial charge in [-0.3, -0.25) is 0 Å². The molecule has 0 spiro atoms. The van der Waals surface area contributed by atoms with Crippen LogP contribution in [0.25, 0.3) is 0 Å². The molecule has 0 unspecified atom stereocenters. The number of fused-ring (bicyclic) bond motifs is 1. The molecule has 1 aliphatic heterocycles. The van der Waals surface area contributed by atoms with Crippen LogP contribution in [0.2, 0.25) is 0 Å². The molecule has 0 bridgehead atoms. The van der Waals surface area contributed by atoms with Gasteiger partial charge in [0.05, 0.1) is 11.4 Å². The number of benzene rings is 2. The summed E-state index contributed by atoms with van der Waals surface area (Å²) in [6.07, 6.45) is 0. The van der Waals surface area contributed by atoms with Crippen LogP contribution in [0.5, 0.6) is 11.5 Å². The lowest BCUT2D eigenvalue weighted by Gasteiger charge is -2.19. The number of nitrogens with two attached hydrogens (primary N) is 1. The van der Waals surface area contributed by atoms with Gasteiger partial charge in [-0.15, -0.1) is 0 Å². The first-order chi connectivity index (χ1) is 9.22. The van der Waals surface area contributed by atoms with Gasteiger partial charge in [0.1, 0.15) is 19.0 Å². The van der Waals surface area contributed by atoms with E-state index in [9.17, 15) is 4.39 Å². The van der Waals surface area contributed by atoms with E-state index in [-0.39, 0.29) is 5.82 Å². The fourth-order valence-electron chi connectivity index (χ4n) is 1.92. The summed E-state index contributed by atoms with van der Waals surface area (Å²) in [5.74, 6) is 1.06. The highest BCUT2D eigenvalue weighted by atomic mass is 19.1. The molecule has 0 radical (unpaired) electrons. The van der Waals surface area contributed by atoms with E-state index in [1.54, 1.807) is 6.07 Å². The molecule has 3 N–H and O–H groups in total. The van der Waals surface area contributed by atoms with E-state index >= 15 is 0 Å². The van der Waals surface area contributed by atoms with Crippen molar-refractivity contribution in [3.05, 3.63) is 42.2 Å². The lowest BCUT2D eigenvalue weighted by atomic mass is 10.2. The summed E-state index contributed by atoms with van der Waals surface area (Å²) < 4.78 is 23.9. The Kier molecular flexibility index (Phi) is 2.87. The van der Waals surface area contributed by atoms with Crippen LogP contribution in [0, 0.1) is 5.82 Å². The Balaban J connectivity index is 1.87. The summed E-state index contributed by atoms with van der Waals surface area (Å²) in [5, 5.41) is 3.12. The van der Waals surface area contributed by atoms with Gasteiger partial charge < -0.3 is 20.5 Å². The molecule has 2 aromatic rings. The van der Waals surface area contributed by atoms with Gasteiger partial charge in [0.25, 0.3) is 0 Å². The van der Waals surface area contributed by atoms with Crippen molar-refractivity contribution in [3.63, 3.8) is 0 Å². The van der Waals surface area contributed by atoms with Crippen LogP contribution in [0.4, 0.5) is 21.5 Å². The third-order valence-corrected chi connectivity index (χ3v) is 2.83. The third-order valence-electron chi connectivity index (χ3n) is 2.83. The van der Waals surface area contributed by atoms with Crippen LogP contribution in [-0.4, -0.2) is 13.2 Å². The smallest absolute Gasteiger partial charge is 0.163 e. The zero-order valence-electron chi connectivity index (χ0n) is 10.2. The Morgan fingerprint density at radius 2 is 1.79 bits per heavy atom. The lowest BCUT2D eigenvalue weighted by Crippen LogP contribution is -2.15. The van der Waals surface area contributed by atoms with Crippen LogP contribution >= 0.6 is 0 Å². The van der Waals surface area contributed by atoms with Crippen molar-refractivity contribution in [1.82, 2.24) is 0 Å². The van der Waals surface area contributed by atoms with E-state index < -0.39 is 0 Å². The summed E-state index contributed by atoms with van der Waals surface area (Å²) in [6.45, 7) is 1.10. The van der Waals surface area contributed by atoms with Crippen LogP contribution in [0.15, 0.2) is 36.4 Å². The Bertz CT molecular complexity index is 616. The molecule has 0 fully saturated rings. The van der Waals surface area contributed by atoms with Crippen molar-refractivity contribution in [1.29, 1.82) is 0 Å². The summed E-state index contributed by atoms with van der Waals surface area (Å²) in [6, 6.07) is 9.75.